The summed E-state index contributed by atoms with van der Waals surface area (Å²) in [5.74, 6) is 0. The minimum Gasteiger partial charge on any atom is -0.308 e. The second kappa shape index (κ2) is 7.05. The van der Waals surface area contributed by atoms with Gasteiger partial charge in [-0.15, -0.1) is 0 Å². The molecular formula is C14H21N3. The number of hydrogen-bond donors (Lipinski definition) is 0. The van der Waals surface area contributed by atoms with E-state index in [1.165, 1.54) is 5.56 Å². The normalized spacial score (nSPS) is 12.7. The molecule has 1 atom stereocenters. The van der Waals surface area contributed by atoms with Crippen molar-refractivity contribution in [3.63, 3.8) is 0 Å². The highest BCUT2D eigenvalue weighted by Gasteiger charge is 2.16. The molecule has 1 unspecified atom stereocenters. The van der Waals surface area contributed by atoms with E-state index in [4.69, 9.17) is 5.26 Å². The van der Waals surface area contributed by atoms with E-state index in [9.17, 15) is 0 Å². The predicted octanol–water partition coefficient (Wildman–Crippen LogP) is 2.13. The molecule has 1 rings (SSSR count). The molecule has 3 heteroatoms. The quantitative estimate of drug-likeness (QED) is 0.751. The molecule has 0 radical (unpaired) electrons. The zero-order valence-corrected chi connectivity index (χ0v) is 10.9. The SMILES string of the molecule is CN(C)CCN(C)C(CC#N)c1ccccc1. The highest BCUT2D eigenvalue weighted by atomic mass is 15.2. The number of hydrogen-bond acceptors (Lipinski definition) is 3. The van der Waals surface area contributed by atoms with Crippen molar-refractivity contribution in [2.75, 3.05) is 34.2 Å². The fourth-order valence-electron chi connectivity index (χ4n) is 1.80. The van der Waals surface area contributed by atoms with Crippen molar-refractivity contribution in [2.45, 2.75) is 12.5 Å². The van der Waals surface area contributed by atoms with E-state index in [2.05, 4.69) is 49.1 Å². The van der Waals surface area contributed by atoms with Crippen LogP contribution >= 0.6 is 0 Å². The standard InChI is InChI=1S/C14H21N3/c1-16(2)11-12-17(3)14(9-10-15)13-7-5-4-6-8-13/h4-8,14H,9,11-12H2,1-3H3. The Balaban J connectivity index is 2.69. The number of benzene rings is 1. The molecular weight excluding hydrogens is 210 g/mol. The summed E-state index contributed by atoms with van der Waals surface area (Å²) >= 11 is 0. The molecule has 92 valence electrons. The summed E-state index contributed by atoms with van der Waals surface area (Å²) in [7, 11) is 6.21. The number of rotatable bonds is 6. The van der Waals surface area contributed by atoms with Crippen molar-refractivity contribution in [3.8, 4) is 6.07 Å². The average Bonchev–Trinajstić information content (AvgIpc) is 2.34. The van der Waals surface area contributed by atoms with Crippen LogP contribution in [0.4, 0.5) is 0 Å². The predicted molar refractivity (Wildman–Crippen MR) is 70.6 cm³/mol. The molecule has 0 fully saturated rings. The molecule has 0 aliphatic carbocycles. The first-order valence-corrected chi connectivity index (χ1v) is 5.92. The Morgan fingerprint density at radius 1 is 1.12 bits per heavy atom. The van der Waals surface area contributed by atoms with E-state index in [0.29, 0.717) is 6.42 Å². The van der Waals surface area contributed by atoms with Crippen LogP contribution in [0.25, 0.3) is 0 Å². The van der Waals surface area contributed by atoms with E-state index in [1.807, 2.05) is 18.2 Å². The lowest BCUT2D eigenvalue weighted by Gasteiger charge is -2.27. The zero-order chi connectivity index (χ0) is 12.7. The van der Waals surface area contributed by atoms with Crippen molar-refractivity contribution in [1.29, 1.82) is 5.26 Å². The average molecular weight is 231 g/mol. The third-order valence-corrected chi connectivity index (χ3v) is 2.90. The van der Waals surface area contributed by atoms with Crippen molar-refractivity contribution in [2.24, 2.45) is 0 Å². The van der Waals surface area contributed by atoms with Crippen LogP contribution in [0, 0.1) is 11.3 Å². The lowest BCUT2D eigenvalue weighted by Crippen LogP contribution is -2.31. The fraction of sp³-hybridized carbons (Fsp3) is 0.500. The molecule has 0 bridgehead atoms. The molecule has 1 aromatic carbocycles. The second-order valence-corrected chi connectivity index (χ2v) is 4.57. The molecule has 1 aromatic rings. The largest absolute Gasteiger partial charge is 0.308 e. The van der Waals surface area contributed by atoms with E-state index in [-0.39, 0.29) is 6.04 Å². The Kier molecular flexibility index (Phi) is 5.68. The summed E-state index contributed by atoms with van der Waals surface area (Å²) in [4.78, 5) is 4.41. The van der Waals surface area contributed by atoms with Gasteiger partial charge in [-0.1, -0.05) is 30.3 Å². The number of nitriles is 1. The molecule has 0 aromatic heterocycles. The molecule has 0 saturated heterocycles. The smallest absolute Gasteiger partial charge is 0.0641 e. The fourth-order valence-corrected chi connectivity index (χ4v) is 1.80. The van der Waals surface area contributed by atoms with E-state index < -0.39 is 0 Å². The van der Waals surface area contributed by atoms with Gasteiger partial charge in [0, 0.05) is 19.1 Å². The van der Waals surface area contributed by atoms with Crippen LogP contribution < -0.4 is 0 Å². The van der Waals surface area contributed by atoms with Crippen LogP contribution in [-0.2, 0) is 0 Å². The van der Waals surface area contributed by atoms with Gasteiger partial charge in [-0.25, -0.2) is 0 Å². The van der Waals surface area contributed by atoms with E-state index in [1.54, 1.807) is 0 Å². The first-order chi connectivity index (χ1) is 8.15. The summed E-state index contributed by atoms with van der Waals surface area (Å²) in [6.07, 6.45) is 0.536. The van der Waals surface area contributed by atoms with Gasteiger partial charge in [0.1, 0.15) is 0 Å². The summed E-state index contributed by atoms with van der Waals surface area (Å²) in [5.41, 5.74) is 1.22. The van der Waals surface area contributed by atoms with Gasteiger partial charge in [0.05, 0.1) is 12.5 Å². The van der Waals surface area contributed by atoms with Gasteiger partial charge in [-0.3, -0.25) is 4.90 Å². The molecule has 0 amide bonds. The number of likely N-dealkylation sites (N-methyl/N-ethyl adjacent to an activating group) is 2. The molecule has 0 spiro atoms. The summed E-state index contributed by atoms with van der Waals surface area (Å²) < 4.78 is 0. The van der Waals surface area contributed by atoms with Gasteiger partial charge in [0.2, 0.25) is 0 Å². The maximum absolute atomic E-state index is 8.94. The zero-order valence-electron chi connectivity index (χ0n) is 10.9. The van der Waals surface area contributed by atoms with Crippen LogP contribution in [-0.4, -0.2) is 44.0 Å². The molecule has 3 nitrogen and oxygen atoms in total. The topological polar surface area (TPSA) is 30.3 Å². The molecule has 0 saturated carbocycles. The van der Waals surface area contributed by atoms with Crippen LogP contribution in [0.5, 0.6) is 0 Å². The van der Waals surface area contributed by atoms with Gasteiger partial charge in [-0.2, -0.15) is 5.26 Å². The van der Waals surface area contributed by atoms with Crippen LogP contribution in [0.3, 0.4) is 0 Å². The highest BCUT2D eigenvalue weighted by molar-refractivity contribution is 5.20. The lowest BCUT2D eigenvalue weighted by molar-refractivity contribution is 0.221. The Labute approximate surface area is 104 Å². The molecule has 0 aliphatic rings. The minimum absolute atomic E-state index is 0.196. The molecule has 0 heterocycles. The summed E-state index contributed by atoms with van der Waals surface area (Å²) in [6, 6.07) is 12.7. The first kappa shape index (κ1) is 13.7. The third-order valence-electron chi connectivity index (χ3n) is 2.90. The Morgan fingerprint density at radius 2 is 1.76 bits per heavy atom. The van der Waals surface area contributed by atoms with Crippen LogP contribution in [0.15, 0.2) is 30.3 Å². The number of nitrogens with zero attached hydrogens (tertiary/aromatic N) is 3. The van der Waals surface area contributed by atoms with Crippen molar-refractivity contribution < 1.29 is 0 Å². The van der Waals surface area contributed by atoms with Gasteiger partial charge in [0.25, 0.3) is 0 Å². The molecule has 0 aliphatic heterocycles. The van der Waals surface area contributed by atoms with Crippen molar-refractivity contribution >= 4 is 0 Å². The second-order valence-electron chi connectivity index (χ2n) is 4.57. The van der Waals surface area contributed by atoms with Crippen molar-refractivity contribution in [3.05, 3.63) is 35.9 Å². The van der Waals surface area contributed by atoms with E-state index in [0.717, 1.165) is 13.1 Å². The monoisotopic (exact) mass is 231 g/mol. The Hall–Kier alpha value is -1.37. The van der Waals surface area contributed by atoms with Gasteiger partial charge in [0.15, 0.2) is 0 Å². The Morgan fingerprint density at radius 3 is 2.29 bits per heavy atom. The summed E-state index contributed by atoms with van der Waals surface area (Å²) in [6.45, 7) is 1.97. The van der Waals surface area contributed by atoms with E-state index >= 15 is 0 Å². The van der Waals surface area contributed by atoms with Gasteiger partial charge >= 0.3 is 0 Å². The maximum atomic E-state index is 8.94. The minimum atomic E-state index is 0.196. The molecule has 0 N–H and O–H groups in total. The third kappa shape index (κ3) is 4.56. The Bertz CT molecular complexity index is 353. The van der Waals surface area contributed by atoms with Gasteiger partial charge in [-0.05, 0) is 26.7 Å². The lowest BCUT2D eigenvalue weighted by atomic mass is 10.0. The maximum Gasteiger partial charge on any atom is 0.0641 e. The highest BCUT2D eigenvalue weighted by Crippen LogP contribution is 2.21. The molecule has 17 heavy (non-hydrogen) atoms. The van der Waals surface area contributed by atoms with Crippen LogP contribution in [0.2, 0.25) is 0 Å². The van der Waals surface area contributed by atoms with Gasteiger partial charge < -0.3 is 4.90 Å². The summed E-state index contributed by atoms with van der Waals surface area (Å²) in [5, 5.41) is 8.94. The first-order valence-electron chi connectivity index (χ1n) is 5.92. The van der Waals surface area contributed by atoms with Crippen LogP contribution in [0.1, 0.15) is 18.0 Å². The van der Waals surface area contributed by atoms with Crippen molar-refractivity contribution in [1.82, 2.24) is 9.80 Å².